The van der Waals surface area contributed by atoms with E-state index in [0.29, 0.717) is 0 Å². The predicted octanol–water partition coefficient (Wildman–Crippen LogP) is 1.15. The molecule has 2 rings (SSSR count). The van der Waals surface area contributed by atoms with Crippen molar-refractivity contribution in [3.63, 3.8) is 0 Å². The molecule has 0 fully saturated rings. The van der Waals surface area contributed by atoms with E-state index in [-0.39, 0.29) is 0 Å². The third kappa shape index (κ3) is 1.27. The molecule has 12 heavy (non-hydrogen) atoms. The number of nitrogens with one attached hydrogen (secondary N) is 1. The summed E-state index contributed by atoms with van der Waals surface area (Å²) in [6.45, 7) is 0. The maximum atomic E-state index is 5.14. The van der Waals surface area contributed by atoms with Crippen molar-refractivity contribution < 1.29 is 9.68 Å². The van der Waals surface area contributed by atoms with Crippen molar-refractivity contribution in [2.75, 3.05) is 0 Å². The van der Waals surface area contributed by atoms with Gasteiger partial charge in [-0.3, -0.25) is 0 Å². The third-order valence-electron chi connectivity index (χ3n) is 1.39. The van der Waals surface area contributed by atoms with Crippen molar-refractivity contribution in [3.8, 4) is 0 Å². The summed E-state index contributed by atoms with van der Waals surface area (Å²) >= 11 is 0. The van der Waals surface area contributed by atoms with Gasteiger partial charge in [0, 0.05) is 6.20 Å². The topological polar surface area (TPSA) is 33.7 Å². The minimum absolute atomic E-state index is 0.734. The molecule has 0 saturated heterocycles. The van der Waals surface area contributed by atoms with Crippen molar-refractivity contribution in [3.05, 3.63) is 48.8 Å². The van der Waals surface area contributed by atoms with Crippen molar-refractivity contribution in [2.24, 2.45) is 0 Å². The first-order valence-electron chi connectivity index (χ1n) is 3.55. The molecule has 0 unspecified atom stereocenters. The Morgan fingerprint density at radius 2 is 2.17 bits per heavy atom. The summed E-state index contributed by atoms with van der Waals surface area (Å²) < 4.78 is 0. The minimum Gasteiger partial charge on any atom is -0.388 e. The summed E-state index contributed by atoms with van der Waals surface area (Å²) in [7, 11) is 0. The van der Waals surface area contributed by atoms with E-state index in [1.807, 2.05) is 12.2 Å². The van der Waals surface area contributed by atoms with Crippen LogP contribution in [0, 0.1) is 0 Å². The maximum Gasteiger partial charge on any atom is 0.176 e. The second kappa shape index (κ2) is 3.04. The molecule has 0 bridgehead atoms. The zero-order valence-electron chi connectivity index (χ0n) is 6.31. The summed E-state index contributed by atoms with van der Waals surface area (Å²) in [4.78, 5) is 10.00. The second-order valence-corrected chi connectivity index (χ2v) is 2.20. The highest BCUT2D eigenvalue weighted by Gasteiger charge is 2.08. The number of rotatable bonds is 1. The van der Waals surface area contributed by atoms with Gasteiger partial charge in [-0.25, -0.2) is 5.48 Å². The number of hydroxylamine groups is 3. The van der Waals surface area contributed by atoms with E-state index in [1.165, 1.54) is 0 Å². The summed E-state index contributed by atoms with van der Waals surface area (Å²) in [5, 5.41) is 1.56. The fourth-order valence-corrected chi connectivity index (χ4v) is 0.863. The fraction of sp³-hybridized carbons (Fsp3) is 0. The molecule has 0 spiro atoms. The molecule has 2 aliphatic rings. The number of hydrogen-bond acceptors (Lipinski definition) is 4. The predicted molar refractivity (Wildman–Crippen MR) is 42.6 cm³/mol. The quantitative estimate of drug-likeness (QED) is 0.630. The van der Waals surface area contributed by atoms with Gasteiger partial charge in [0.15, 0.2) is 5.82 Å². The first kappa shape index (κ1) is 6.84. The molecule has 62 valence electrons. The molecule has 0 aromatic carbocycles. The highest BCUT2D eigenvalue weighted by atomic mass is 16.7. The molecular weight excluding hydrogens is 156 g/mol. The number of nitrogens with zero attached hydrogens (tertiary/aromatic N) is 1. The van der Waals surface area contributed by atoms with Gasteiger partial charge in [0.25, 0.3) is 0 Å². The summed E-state index contributed by atoms with van der Waals surface area (Å²) in [5.41, 5.74) is 2.68. The van der Waals surface area contributed by atoms with Gasteiger partial charge in [0.1, 0.15) is 12.5 Å². The van der Waals surface area contributed by atoms with Gasteiger partial charge in [-0.2, -0.15) is 5.06 Å². The van der Waals surface area contributed by atoms with Crippen LogP contribution in [0.1, 0.15) is 0 Å². The minimum atomic E-state index is 0.734. The lowest BCUT2D eigenvalue weighted by molar-refractivity contribution is -0.0538. The van der Waals surface area contributed by atoms with Gasteiger partial charge < -0.3 is 9.68 Å². The summed E-state index contributed by atoms with van der Waals surface area (Å²) in [6, 6.07) is 0. The first-order chi connectivity index (χ1) is 5.97. The zero-order valence-corrected chi connectivity index (χ0v) is 6.31. The highest BCUT2D eigenvalue weighted by Crippen LogP contribution is 2.09. The average molecular weight is 164 g/mol. The van der Waals surface area contributed by atoms with Crippen LogP contribution in [0.4, 0.5) is 0 Å². The zero-order chi connectivity index (χ0) is 8.23. The normalized spacial score (nSPS) is 19.3. The standard InChI is InChI=1S/C8H8N2O2/c1-2-7-12-10(5-1)8-4-3-6-11-9-8/h1-7,9H. The van der Waals surface area contributed by atoms with Gasteiger partial charge in [-0.1, -0.05) is 0 Å². The van der Waals surface area contributed by atoms with Crippen LogP contribution in [-0.2, 0) is 9.68 Å². The highest BCUT2D eigenvalue weighted by molar-refractivity contribution is 5.14. The molecular formula is C8H8N2O2. The Kier molecular flexibility index (Phi) is 1.74. The molecule has 1 N–H and O–H groups in total. The van der Waals surface area contributed by atoms with Crippen LogP contribution in [0.15, 0.2) is 48.8 Å². The van der Waals surface area contributed by atoms with E-state index in [2.05, 4.69) is 5.48 Å². The molecule has 0 saturated carbocycles. The van der Waals surface area contributed by atoms with Crippen LogP contribution in [0.2, 0.25) is 0 Å². The van der Waals surface area contributed by atoms with Gasteiger partial charge in [-0.15, -0.1) is 0 Å². The van der Waals surface area contributed by atoms with E-state index in [0.717, 1.165) is 5.82 Å². The Bertz CT molecular complexity index is 279. The molecule has 0 radical (unpaired) electrons. The lowest BCUT2D eigenvalue weighted by atomic mass is 10.5. The fourth-order valence-electron chi connectivity index (χ4n) is 0.863. The van der Waals surface area contributed by atoms with Crippen molar-refractivity contribution in [1.29, 1.82) is 0 Å². The van der Waals surface area contributed by atoms with E-state index in [4.69, 9.17) is 9.68 Å². The average Bonchev–Trinajstić information content (AvgIpc) is 2.21. The Hall–Kier alpha value is -1.84. The molecule has 4 heteroatoms. The van der Waals surface area contributed by atoms with E-state index in [9.17, 15) is 0 Å². The maximum absolute atomic E-state index is 5.14. The van der Waals surface area contributed by atoms with E-state index >= 15 is 0 Å². The van der Waals surface area contributed by atoms with E-state index < -0.39 is 0 Å². The van der Waals surface area contributed by atoms with Crippen LogP contribution in [0.25, 0.3) is 0 Å². The van der Waals surface area contributed by atoms with Crippen molar-refractivity contribution >= 4 is 0 Å². The second-order valence-electron chi connectivity index (χ2n) is 2.20. The van der Waals surface area contributed by atoms with Crippen LogP contribution in [-0.4, -0.2) is 5.06 Å². The Morgan fingerprint density at radius 3 is 2.83 bits per heavy atom. The number of allylic oxidation sites excluding steroid dienone is 4. The lowest BCUT2D eigenvalue weighted by Crippen LogP contribution is -2.27. The molecule has 2 aliphatic heterocycles. The van der Waals surface area contributed by atoms with Crippen LogP contribution in [0.5, 0.6) is 0 Å². The van der Waals surface area contributed by atoms with Crippen molar-refractivity contribution in [2.45, 2.75) is 0 Å². The Labute approximate surface area is 70.0 Å². The van der Waals surface area contributed by atoms with Gasteiger partial charge in [0.2, 0.25) is 0 Å². The largest absolute Gasteiger partial charge is 0.388 e. The van der Waals surface area contributed by atoms with Gasteiger partial charge in [-0.05, 0) is 24.3 Å². The van der Waals surface area contributed by atoms with Gasteiger partial charge in [0.05, 0.1) is 0 Å². The molecule has 0 amide bonds. The Morgan fingerprint density at radius 1 is 1.17 bits per heavy atom. The van der Waals surface area contributed by atoms with Crippen LogP contribution in [0.3, 0.4) is 0 Å². The molecule has 0 aromatic rings. The lowest BCUT2D eigenvalue weighted by Gasteiger charge is -2.23. The van der Waals surface area contributed by atoms with Crippen LogP contribution >= 0.6 is 0 Å². The molecule has 0 aliphatic carbocycles. The number of hydrogen-bond donors (Lipinski definition) is 1. The van der Waals surface area contributed by atoms with Crippen molar-refractivity contribution in [1.82, 2.24) is 10.5 Å². The molecule has 2 heterocycles. The van der Waals surface area contributed by atoms with Gasteiger partial charge >= 0.3 is 0 Å². The SMILES string of the molecule is C1=CONC(N2C=CC=CO2)=C1. The smallest absolute Gasteiger partial charge is 0.176 e. The summed E-state index contributed by atoms with van der Waals surface area (Å²) in [5.74, 6) is 0.734. The first-order valence-corrected chi connectivity index (χ1v) is 3.55. The summed E-state index contributed by atoms with van der Waals surface area (Å²) in [6.07, 6.45) is 12.2. The third-order valence-corrected chi connectivity index (χ3v) is 1.39. The molecule has 0 atom stereocenters. The Balaban J connectivity index is 2.09. The molecule has 4 nitrogen and oxygen atoms in total. The van der Waals surface area contributed by atoms with Crippen LogP contribution < -0.4 is 5.48 Å². The van der Waals surface area contributed by atoms with E-state index in [1.54, 1.807) is 35.9 Å². The molecule has 0 aromatic heterocycles. The monoisotopic (exact) mass is 164 g/mol.